The number of halogens is 1. The Morgan fingerprint density at radius 1 is 0.933 bits per heavy atom. The van der Waals surface area contributed by atoms with Crippen LogP contribution < -0.4 is 9.47 Å². The Kier molecular flexibility index (Phi) is 6.48. The van der Waals surface area contributed by atoms with Crippen molar-refractivity contribution in [1.82, 2.24) is 0 Å². The Morgan fingerprint density at radius 3 is 2.37 bits per heavy atom. The molecular formula is C27H27FO2. The van der Waals surface area contributed by atoms with Gasteiger partial charge >= 0.3 is 0 Å². The van der Waals surface area contributed by atoms with Crippen molar-refractivity contribution >= 4 is 0 Å². The maximum absolute atomic E-state index is 15.2. The van der Waals surface area contributed by atoms with Crippen LogP contribution in [0.1, 0.15) is 36.8 Å². The number of hydrogen-bond donors (Lipinski definition) is 0. The summed E-state index contributed by atoms with van der Waals surface area (Å²) in [6.07, 6.45) is 4.43. The minimum absolute atomic E-state index is 0.0453. The number of ether oxygens (including phenoxy) is 2. The summed E-state index contributed by atoms with van der Waals surface area (Å²) in [5.41, 5.74) is 2.05. The van der Waals surface area contributed by atoms with Crippen LogP contribution in [0, 0.1) is 5.92 Å². The molecule has 0 heterocycles. The monoisotopic (exact) mass is 402 g/mol. The maximum atomic E-state index is 15.2. The molecule has 0 radical (unpaired) electrons. The summed E-state index contributed by atoms with van der Waals surface area (Å²) in [5.74, 6) is 2.57. The fraction of sp³-hybridized carbons (Fsp3) is 0.259. The van der Waals surface area contributed by atoms with Crippen molar-refractivity contribution in [3.8, 4) is 17.2 Å². The third-order valence-electron chi connectivity index (χ3n) is 5.35. The molecule has 0 amide bonds. The molecule has 2 nitrogen and oxygen atoms in total. The highest BCUT2D eigenvalue weighted by molar-refractivity contribution is 5.37. The van der Waals surface area contributed by atoms with Crippen molar-refractivity contribution < 1.29 is 13.9 Å². The van der Waals surface area contributed by atoms with E-state index in [1.165, 1.54) is 0 Å². The van der Waals surface area contributed by atoms with Crippen molar-refractivity contribution in [3.63, 3.8) is 0 Å². The lowest BCUT2D eigenvalue weighted by atomic mass is 9.92. The highest BCUT2D eigenvalue weighted by atomic mass is 19.1. The molecule has 3 aromatic carbocycles. The molecule has 1 fully saturated rings. The number of allylic oxidation sites excluding steroid dienone is 2. The van der Waals surface area contributed by atoms with E-state index in [4.69, 9.17) is 9.47 Å². The second-order valence-electron chi connectivity index (χ2n) is 7.67. The average Bonchev–Trinajstić information content (AvgIpc) is 3.60. The molecule has 30 heavy (non-hydrogen) atoms. The topological polar surface area (TPSA) is 18.5 Å². The largest absolute Gasteiger partial charge is 0.494 e. The van der Waals surface area contributed by atoms with Gasteiger partial charge in [0.25, 0.3) is 0 Å². The molecule has 0 saturated heterocycles. The minimum Gasteiger partial charge on any atom is -0.494 e. The van der Waals surface area contributed by atoms with Crippen LogP contribution in [-0.2, 0) is 6.42 Å². The molecule has 1 atom stereocenters. The van der Waals surface area contributed by atoms with E-state index in [1.54, 1.807) is 6.08 Å². The third kappa shape index (κ3) is 5.29. The Morgan fingerprint density at radius 2 is 1.67 bits per heavy atom. The van der Waals surface area contributed by atoms with Crippen molar-refractivity contribution in [2.45, 2.75) is 32.1 Å². The molecule has 154 valence electrons. The fourth-order valence-corrected chi connectivity index (χ4v) is 3.73. The first-order chi connectivity index (χ1) is 14.7. The lowest BCUT2D eigenvalue weighted by molar-refractivity contribution is 0.340. The van der Waals surface area contributed by atoms with E-state index in [0.29, 0.717) is 18.9 Å². The SMILES string of the molecule is CCOc1ccc([C@H](C(F)=CCc2cccc(Oc3ccccc3)c2)C2CC2)cc1. The smallest absolute Gasteiger partial charge is 0.127 e. The van der Waals surface area contributed by atoms with Gasteiger partial charge in [0.1, 0.15) is 23.1 Å². The fourth-order valence-electron chi connectivity index (χ4n) is 3.73. The summed E-state index contributed by atoms with van der Waals surface area (Å²) < 4.78 is 26.6. The van der Waals surface area contributed by atoms with Gasteiger partial charge in [-0.15, -0.1) is 0 Å². The van der Waals surface area contributed by atoms with E-state index < -0.39 is 0 Å². The summed E-state index contributed by atoms with van der Waals surface area (Å²) in [7, 11) is 0. The number of rotatable bonds is 9. The number of benzene rings is 3. The van der Waals surface area contributed by atoms with Crippen LogP contribution in [0.4, 0.5) is 4.39 Å². The molecule has 3 heteroatoms. The molecule has 3 aromatic rings. The molecule has 0 bridgehead atoms. The Hall–Kier alpha value is -3.07. The van der Waals surface area contributed by atoms with Gasteiger partial charge < -0.3 is 9.47 Å². The summed E-state index contributed by atoms with van der Waals surface area (Å²) in [6.45, 7) is 2.59. The first-order valence-corrected chi connectivity index (χ1v) is 10.6. The van der Waals surface area contributed by atoms with Crippen LogP contribution >= 0.6 is 0 Å². The first kappa shape index (κ1) is 20.2. The molecule has 0 N–H and O–H groups in total. The zero-order valence-electron chi connectivity index (χ0n) is 17.3. The normalized spacial score (nSPS) is 14.9. The number of hydrogen-bond acceptors (Lipinski definition) is 2. The van der Waals surface area contributed by atoms with E-state index in [9.17, 15) is 0 Å². The lowest BCUT2D eigenvalue weighted by Crippen LogP contribution is -2.03. The Bertz CT molecular complexity index is 975. The van der Waals surface area contributed by atoms with Gasteiger partial charge in [-0.25, -0.2) is 4.39 Å². The highest BCUT2D eigenvalue weighted by Crippen LogP contribution is 2.47. The van der Waals surface area contributed by atoms with Gasteiger partial charge in [0.05, 0.1) is 6.61 Å². The molecule has 4 rings (SSSR count). The van der Waals surface area contributed by atoms with Crippen LogP contribution in [-0.4, -0.2) is 6.61 Å². The molecule has 1 aliphatic carbocycles. The van der Waals surface area contributed by atoms with Gasteiger partial charge in [-0.1, -0.05) is 42.5 Å². The van der Waals surface area contributed by atoms with Crippen LogP contribution in [0.5, 0.6) is 17.2 Å². The summed E-state index contributed by atoms with van der Waals surface area (Å²) in [4.78, 5) is 0. The van der Waals surface area contributed by atoms with E-state index in [1.807, 2.05) is 85.8 Å². The van der Waals surface area contributed by atoms with Crippen LogP contribution in [0.15, 0.2) is 90.8 Å². The summed E-state index contributed by atoms with van der Waals surface area (Å²) in [5, 5.41) is 0. The molecule has 0 aliphatic heterocycles. The molecule has 0 aromatic heterocycles. The molecule has 1 saturated carbocycles. The van der Waals surface area contributed by atoms with Gasteiger partial charge in [-0.05, 0) is 85.7 Å². The standard InChI is InChI=1S/C27H27FO2/c1-2-29-23-16-14-22(15-17-23)27(21-12-13-21)26(28)18-11-20-7-6-10-25(19-20)30-24-8-4-3-5-9-24/h3-10,14-19,21,27H,2,11-13H2,1H3/t27-/m1/s1. The van der Waals surface area contributed by atoms with E-state index in [2.05, 4.69) is 0 Å². The molecule has 0 unspecified atom stereocenters. The quantitative estimate of drug-likeness (QED) is 0.370. The average molecular weight is 403 g/mol. The van der Waals surface area contributed by atoms with Gasteiger partial charge in [-0.2, -0.15) is 0 Å². The number of para-hydroxylation sites is 1. The van der Waals surface area contributed by atoms with E-state index in [-0.39, 0.29) is 11.7 Å². The van der Waals surface area contributed by atoms with Crippen LogP contribution in [0.2, 0.25) is 0 Å². The van der Waals surface area contributed by atoms with E-state index in [0.717, 1.165) is 41.2 Å². The predicted molar refractivity (Wildman–Crippen MR) is 119 cm³/mol. The van der Waals surface area contributed by atoms with Gasteiger partial charge in [0.2, 0.25) is 0 Å². The van der Waals surface area contributed by atoms with E-state index >= 15 is 4.39 Å². The molecule has 0 spiro atoms. The van der Waals surface area contributed by atoms with Crippen LogP contribution in [0.3, 0.4) is 0 Å². The second-order valence-corrected chi connectivity index (χ2v) is 7.67. The van der Waals surface area contributed by atoms with Crippen molar-refractivity contribution in [2.75, 3.05) is 6.61 Å². The second kappa shape index (κ2) is 9.62. The zero-order valence-corrected chi connectivity index (χ0v) is 17.3. The van der Waals surface area contributed by atoms with Crippen LogP contribution in [0.25, 0.3) is 0 Å². The highest BCUT2D eigenvalue weighted by Gasteiger charge is 2.35. The predicted octanol–water partition coefficient (Wildman–Crippen LogP) is 7.47. The van der Waals surface area contributed by atoms with Gasteiger partial charge in [0.15, 0.2) is 0 Å². The summed E-state index contributed by atoms with van der Waals surface area (Å²) >= 11 is 0. The molecule has 1 aliphatic rings. The minimum atomic E-state index is -0.163. The Labute approximate surface area is 178 Å². The van der Waals surface area contributed by atoms with Gasteiger partial charge in [-0.3, -0.25) is 0 Å². The lowest BCUT2D eigenvalue weighted by Gasteiger charge is -2.16. The summed E-state index contributed by atoms with van der Waals surface area (Å²) in [6, 6.07) is 25.4. The Balaban J connectivity index is 1.46. The zero-order chi connectivity index (χ0) is 20.8. The van der Waals surface area contributed by atoms with Crippen molar-refractivity contribution in [3.05, 3.63) is 102 Å². The molecular weight excluding hydrogens is 375 g/mol. The maximum Gasteiger partial charge on any atom is 0.127 e. The third-order valence-corrected chi connectivity index (χ3v) is 5.35. The van der Waals surface area contributed by atoms with Crippen molar-refractivity contribution in [1.29, 1.82) is 0 Å². The van der Waals surface area contributed by atoms with Crippen molar-refractivity contribution in [2.24, 2.45) is 5.92 Å². The van der Waals surface area contributed by atoms with Gasteiger partial charge in [0, 0.05) is 5.92 Å². The first-order valence-electron chi connectivity index (χ1n) is 10.6.